The molecule has 1 aromatic carbocycles. The van der Waals surface area contributed by atoms with Crippen molar-refractivity contribution in [1.82, 2.24) is 5.32 Å². The summed E-state index contributed by atoms with van der Waals surface area (Å²) in [5, 5.41) is 3.71. The average Bonchev–Trinajstić information content (AvgIpc) is 2.87. The molecule has 1 atom stereocenters. The van der Waals surface area contributed by atoms with Crippen LogP contribution in [0.4, 0.5) is 0 Å². The molecule has 1 N–H and O–H groups in total. The van der Waals surface area contributed by atoms with Gasteiger partial charge in [0.2, 0.25) is 0 Å². The van der Waals surface area contributed by atoms with Crippen LogP contribution in [-0.4, -0.2) is 12.1 Å². The van der Waals surface area contributed by atoms with Gasteiger partial charge in [-0.05, 0) is 50.3 Å². The second kappa shape index (κ2) is 5.84. The van der Waals surface area contributed by atoms with Crippen LogP contribution in [0.1, 0.15) is 42.6 Å². The van der Waals surface area contributed by atoms with Gasteiger partial charge in [0.1, 0.15) is 5.76 Å². The molecule has 0 spiro atoms. The number of hydrogen-bond acceptors (Lipinski definition) is 2. The molecule has 1 aromatic heterocycles. The lowest BCUT2D eigenvalue weighted by molar-refractivity contribution is 0.265. The molecule has 1 fully saturated rings. The summed E-state index contributed by atoms with van der Waals surface area (Å²) in [6, 6.07) is 14.1. The molecule has 20 heavy (non-hydrogen) atoms. The summed E-state index contributed by atoms with van der Waals surface area (Å²) < 4.78 is 5.40. The van der Waals surface area contributed by atoms with Gasteiger partial charge in [-0.25, -0.2) is 0 Å². The van der Waals surface area contributed by atoms with Crippen LogP contribution in [0, 0.1) is 6.92 Å². The van der Waals surface area contributed by atoms with E-state index in [0.717, 1.165) is 18.1 Å². The maximum absolute atomic E-state index is 5.40. The van der Waals surface area contributed by atoms with Crippen LogP contribution >= 0.6 is 0 Å². The third-order valence-corrected chi connectivity index (χ3v) is 4.29. The monoisotopic (exact) mass is 269 g/mol. The van der Waals surface area contributed by atoms with E-state index in [-0.39, 0.29) is 0 Å². The number of hydrogen-bond donors (Lipinski definition) is 1. The minimum absolute atomic E-state index is 0.477. The number of nitrogens with one attached hydrogen (secondary N) is 1. The van der Waals surface area contributed by atoms with Crippen LogP contribution in [0.3, 0.4) is 0 Å². The van der Waals surface area contributed by atoms with Crippen LogP contribution in [0.25, 0.3) is 0 Å². The summed E-state index contributed by atoms with van der Waals surface area (Å²) in [6.45, 7) is 4.38. The van der Waals surface area contributed by atoms with Crippen LogP contribution < -0.4 is 5.32 Å². The fraction of sp³-hybridized carbons (Fsp3) is 0.444. The first-order valence-corrected chi connectivity index (χ1v) is 7.55. The van der Waals surface area contributed by atoms with Gasteiger partial charge in [-0.15, -0.1) is 0 Å². The second-order valence-electron chi connectivity index (χ2n) is 6.13. The van der Waals surface area contributed by atoms with Gasteiger partial charge in [-0.1, -0.05) is 29.8 Å². The van der Waals surface area contributed by atoms with Gasteiger partial charge in [-0.3, -0.25) is 0 Å². The highest BCUT2D eigenvalue weighted by Gasteiger charge is 2.30. The molecule has 106 valence electrons. The maximum atomic E-state index is 5.40. The Kier molecular flexibility index (Phi) is 3.93. The highest BCUT2D eigenvalue weighted by molar-refractivity contribution is 5.26. The molecule has 0 radical (unpaired) electrons. The lowest BCUT2D eigenvalue weighted by Gasteiger charge is -2.38. The van der Waals surface area contributed by atoms with Crippen molar-refractivity contribution in [1.29, 1.82) is 0 Å². The van der Waals surface area contributed by atoms with Gasteiger partial charge < -0.3 is 9.73 Å². The molecule has 2 nitrogen and oxygen atoms in total. The van der Waals surface area contributed by atoms with Crippen molar-refractivity contribution in [2.75, 3.05) is 0 Å². The lowest BCUT2D eigenvalue weighted by atomic mass is 9.75. The third-order valence-electron chi connectivity index (χ3n) is 4.29. The molecule has 2 heteroatoms. The molecule has 1 aliphatic rings. The summed E-state index contributed by atoms with van der Waals surface area (Å²) in [5.41, 5.74) is 2.84. The standard InChI is InChI=1S/C18H23NO/c1-13-5-7-15(8-6-13)16-11-17(12-16)19-14(2)10-18-4-3-9-20-18/h3-9,14,16-17,19H,10-12H2,1-2H3. The highest BCUT2D eigenvalue weighted by atomic mass is 16.3. The van der Waals surface area contributed by atoms with Crippen molar-refractivity contribution in [3.8, 4) is 0 Å². The minimum atomic E-state index is 0.477. The van der Waals surface area contributed by atoms with Crippen molar-refractivity contribution in [3.05, 3.63) is 59.5 Å². The van der Waals surface area contributed by atoms with E-state index in [9.17, 15) is 0 Å². The van der Waals surface area contributed by atoms with Gasteiger partial charge >= 0.3 is 0 Å². The molecule has 0 amide bonds. The van der Waals surface area contributed by atoms with Gasteiger partial charge in [0, 0.05) is 18.5 Å². The van der Waals surface area contributed by atoms with Gasteiger partial charge in [0.05, 0.1) is 6.26 Å². The molecule has 1 heterocycles. The summed E-state index contributed by atoms with van der Waals surface area (Å²) in [5.74, 6) is 1.81. The second-order valence-corrected chi connectivity index (χ2v) is 6.13. The molecular weight excluding hydrogens is 246 g/mol. The Bertz CT molecular complexity index is 523. The molecule has 0 saturated heterocycles. The largest absolute Gasteiger partial charge is 0.469 e. The van der Waals surface area contributed by atoms with Crippen LogP contribution in [0.5, 0.6) is 0 Å². The van der Waals surface area contributed by atoms with Crippen LogP contribution in [0.15, 0.2) is 47.1 Å². The Morgan fingerprint density at radius 2 is 1.95 bits per heavy atom. The van der Waals surface area contributed by atoms with E-state index in [0.29, 0.717) is 12.1 Å². The maximum Gasteiger partial charge on any atom is 0.105 e. The van der Waals surface area contributed by atoms with Gasteiger partial charge in [0.15, 0.2) is 0 Å². The zero-order valence-corrected chi connectivity index (χ0v) is 12.3. The molecule has 1 unspecified atom stereocenters. The Balaban J connectivity index is 1.45. The molecule has 3 rings (SSSR count). The van der Waals surface area contributed by atoms with E-state index in [1.807, 2.05) is 12.1 Å². The summed E-state index contributed by atoms with van der Waals surface area (Å²) in [7, 11) is 0. The topological polar surface area (TPSA) is 25.2 Å². The Morgan fingerprint density at radius 1 is 1.20 bits per heavy atom. The Hall–Kier alpha value is -1.54. The van der Waals surface area contributed by atoms with Crippen molar-refractivity contribution in [2.45, 2.75) is 51.1 Å². The van der Waals surface area contributed by atoms with E-state index < -0.39 is 0 Å². The highest BCUT2D eigenvalue weighted by Crippen LogP contribution is 2.37. The zero-order valence-electron chi connectivity index (χ0n) is 12.3. The SMILES string of the molecule is Cc1ccc(C2CC(NC(C)Cc3ccco3)C2)cc1. The first kappa shape index (κ1) is 13.4. The number of rotatable bonds is 5. The number of benzene rings is 1. The molecule has 2 aromatic rings. The number of furan rings is 1. The first-order chi connectivity index (χ1) is 9.70. The molecular formula is C18H23NO. The van der Waals surface area contributed by atoms with E-state index in [4.69, 9.17) is 4.42 Å². The Labute approximate surface area is 121 Å². The minimum Gasteiger partial charge on any atom is -0.469 e. The smallest absolute Gasteiger partial charge is 0.105 e. The predicted molar refractivity (Wildman–Crippen MR) is 82.0 cm³/mol. The molecule has 1 saturated carbocycles. The summed E-state index contributed by atoms with van der Waals surface area (Å²) in [6.07, 6.45) is 5.23. The average molecular weight is 269 g/mol. The van der Waals surface area contributed by atoms with Gasteiger partial charge in [0.25, 0.3) is 0 Å². The van der Waals surface area contributed by atoms with Crippen molar-refractivity contribution in [3.63, 3.8) is 0 Å². The fourth-order valence-corrected chi connectivity index (χ4v) is 3.06. The number of aryl methyl sites for hydroxylation is 1. The third kappa shape index (κ3) is 3.13. The molecule has 0 aliphatic heterocycles. The van der Waals surface area contributed by atoms with E-state index in [2.05, 4.69) is 43.4 Å². The zero-order chi connectivity index (χ0) is 13.9. The normalized spacial score (nSPS) is 23.3. The van der Waals surface area contributed by atoms with E-state index in [1.54, 1.807) is 6.26 Å². The van der Waals surface area contributed by atoms with E-state index >= 15 is 0 Å². The Morgan fingerprint density at radius 3 is 2.60 bits per heavy atom. The van der Waals surface area contributed by atoms with Gasteiger partial charge in [-0.2, -0.15) is 0 Å². The quantitative estimate of drug-likeness (QED) is 0.885. The molecule has 0 bridgehead atoms. The van der Waals surface area contributed by atoms with Crippen molar-refractivity contribution >= 4 is 0 Å². The predicted octanol–water partition coefficient (Wildman–Crippen LogP) is 4.05. The van der Waals surface area contributed by atoms with Crippen molar-refractivity contribution in [2.24, 2.45) is 0 Å². The van der Waals surface area contributed by atoms with Crippen LogP contribution in [0.2, 0.25) is 0 Å². The fourth-order valence-electron chi connectivity index (χ4n) is 3.06. The molecule has 1 aliphatic carbocycles. The van der Waals surface area contributed by atoms with Crippen molar-refractivity contribution < 1.29 is 4.42 Å². The first-order valence-electron chi connectivity index (χ1n) is 7.55. The summed E-state index contributed by atoms with van der Waals surface area (Å²) in [4.78, 5) is 0. The van der Waals surface area contributed by atoms with E-state index in [1.165, 1.54) is 24.0 Å². The summed E-state index contributed by atoms with van der Waals surface area (Å²) >= 11 is 0. The van der Waals surface area contributed by atoms with Crippen LogP contribution in [-0.2, 0) is 6.42 Å². The lowest BCUT2D eigenvalue weighted by Crippen LogP contribution is -2.45.